The second-order valence-corrected chi connectivity index (χ2v) is 6.72. The van der Waals surface area contributed by atoms with E-state index in [1.165, 1.54) is 6.07 Å². The summed E-state index contributed by atoms with van der Waals surface area (Å²) in [4.78, 5) is 24.1. The maximum absolute atomic E-state index is 13.5. The van der Waals surface area contributed by atoms with Crippen LogP contribution in [0.3, 0.4) is 0 Å². The molecule has 0 aliphatic carbocycles. The van der Waals surface area contributed by atoms with Crippen molar-refractivity contribution < 1.29 is 14.0 Å². The number of halogens is 2. The molecule has 0 spiro atoms. The van der Waals surface area contributed by atoms with Crippen molar-refractivity contribution in [1.29, 1.82) is 0 Å². The molecule has 0 saturated heterocycles. The summed E-state index contributed by atoms with van der Waals surface area (Å²) in [6, 6.07) is 4.30. The molecule has 8 heteroatoms. The number of benzene rings is 1. The largest absolute Gasteiger partial charge is 0.350 e. The molecule has 1 aromatic carbocycles. The van der Waals surface area contributed by atoms with Gasteiger partial charge in [-0.2, -0.15) is 5.10 Å². The molecule has 0 bridgehead atoms. The Kier molecular flexibility index (Phi) is 6.30. The van der Waals surface area contributed by atoms with Gasteiger partial charge in [-0.1, -0.05) is 19.9 Å². The van der Waals surface area contributed by atoms with Crippen LogP contribution in [-0.4, -0.2) is 35.1 Å². The van der Waals surface area contributed by atoms with Crippen molar-refractivity contribution in [2.45, 2.75) is 26.7 Å². The number of H-pyrrole nitrogens is 1. The number of nitrogens with one attached hydrogen (secondary N) is 3. The Morgan fingerprint density at radius 2 is 1.88 bits per heavy atom. The fourth-order valence-electron chi connectivity index (χ4n) is 2.15. The fraction of sp³-hybridized carbons (Fsp3) is 0.353. The molecule has 134 valence electrons. The van der Waals surface area contributed by atoms with E-state index >= 15 is 0 Å². The average molecular weight is 411 g/mol. The first-order valence-electron chi connectivity index (χ1n) is 7.87. The molecule has 0 saturated carbocycles. The van der Waals surface area contributed by atoms with E-state index < -0.39 is 11.7 Å². The zero-order valence-electron chi connectivity index (χ0n) is 14.2. The maximum Gasteiger partial charge on any atom is 0.273 e. The highest BCUT2D eigenvalue weighted by Crippen LogP contribution is 2.25. The first-order valence-corrected chi connectivity index (χ1v) is 8.66. The van der Waals surface area contributed by atoms with Gasteiger partial charge in [-0.3, -0.25) is 14.7 Å². The summed E-state index contributed by atoms with van der Waals surface area (Å²) in [5.74, 6) is -0.954. The number of nitrogens with zero attached hydrogens (tertiary/aromatic N) is 1. The van der Waals surface area contributed by atoms with Crippen LogP contribution >= 0.6 is 15.9 Å². The lowest BCUT2D eigenvalue weighted by Crippen LogP contribution is -2.35. The van der Waals surface area contributed by atoms with E-state index in [0.29, 0.717) is 10.0 Å². The highest BCUT2D eigenvalue weighted by molar-refractivity contribution is 9.10. The van der Waals surface area contributed by atoms with Gasteiger partial charge in [0.05, 0.1) is 10.2 Å². The van der Waals surface area contributed by atoms with Crippen LogP contribution in [0.2, 0.25) is 0 Å². The van der Waals surface area contributed by atoms with Gasteiger partial charge in [0.25, 0.3) is 11.8 Å². The maximum atomic E-state index is 13.5. The molecule has 0 atom stereocenters. The molecule has 2 rings (SSSR count). The predicted octanol–water partition coefficient (Wildman–Crippen LogP) is 2.90. The summed E-state index contributed by atoms with van der Waals surface area (Å²) in [5.41, 5.74) is 1.84. The third-order valence-electron chi connectivity index (χ3n) is 3.66. The molecule has 25 heavy (non-hydrogen) atoms. The molecule has 2 aromatic rings. The van der Waals surface area contributed by atoms with Gasteiger partial charge in [0, 0.05) is 18.7 Å². The van der Waals surface area contributed by atoms with Crippen LogP contribution in [0.15, 0.2) is 22.7 Å². The number of carbonyl (C=O) groups is 2. The van der Waals surface area contributed by atoms with Gasteiger partial charge in [0.2, 0.25) is 0 Å². The van der Waals surface area contributed by atoms with Crippen molar-refractivity contribution in [3.05, 3.63) is 51.0 Å². The SMILES string of the molecule is Cc1ccc(C(=O)NCCNC(=O)c2n[nH]c(C(C)C)c2Br)cc1F. The molecule has 0 unspecified atom stereocenters. The predicted molar refractivity (Wildman–Crippen MR) is 96.2 cm³/mol. The second kappa shape index (κ2) is 8.24. The summed E-state index contributed by atoms with van der Waals surface area (Å²) in [6.45, 7) is 6.06. The molecule has 6 nitrogen and oxygen atoms in total. The Labute approximate surface area is 153 Å². The van der Waals surface area contributed by atoms with Gasteiger partial charge in [-0.05, 0) is 46.5 Å². The third-order valence-corrected chi connectivity index (χ3v) is 4.46. The quantitative estimate of drug-likeness (QED) is 0.639. The zero-order valence-corrected chi connectivity index (χ0v) is 15.8. The average Bonchev–Trinajstić information content (AvgIpc) is 2.95. The lowest BCUT2D eigenvalue weighted by atomic mass is 10.1. The smallest absolute Gasteiger partial charge is 0.273 e. The van der Waals surface area contributed by atoms with E-state index in [1.54, 1.807) is 19.1 Å². The zero-order chi connectivity index (χ0) is 18.6. The number of aryl methyl sites for hydroxylation is 1. The molecule has 0 aliphatic rings. The fourth-order valence-corrected chi connectivity index (χ4v) is 2.96. The van der Waals surface area contributed by atoms with Gasteiger partial charge in [0.1, 0.15) is 5.82 Å². The third kappa shape index (κ3) is 4.66. The number of carbonyl (C=O) groups excluding carboxylic acids is 2. The monoisotopic (exact) mass is 410 g/mol. The Hall–Kier alpha value is -2.22. The lowest BCUT2D eigenvalue weighted by Gasteiger charge is -2.07. The van der Waals surface area contributed by atoms with E-state index in [-0.39, 0.29) is 36.2 Å². The van der Waals surface area contributed by atoms with Gasteiger partial charge in [0.15, 0.2) is 5.69 Å². The number of hydrogen-bond donors (Lipinski definition) is 3. The van der Waals surface area contributed by atoms with Crippen molar-refractivity contribution in [2.75, 3.05) is 13.1 Å². The van der Waals surface area contributed by atoms with E-state index in [0.717, 1.165) is 5.69 Å². The van der Waals surface area contributed by atoms with E-state index in [4.69, 9.17) is 0 Å². The lowest BCUT2D eigenvalue weighted by molar-refractivity contribution is 0.0924. The van der Waals surface area contributed by atoms with Crippen molar-refractivity contribution in [3.63, 3.8) is 0 Å². The van der Waals surface area contributed by atoms with Crippen LogP contribution in [0, 0.1) is 12.7 Å². The minimum atomic E-state index is -0.426. The Balaban J connectivity index is 1.83. The molecule has 1 heterocycles. The van der Waals surface area contributed by atoms with Crippen LogP contribution in [0.5, 0.6) is 0 Å². The van der Waals surface area contributed by atoms with Crippen molar-refractivity contribution >= 4 is 27.7 Å². The molecule has 0 aliphatic heterocycles. The van der Waals surface area contributed by atoms with Crippen molar-refractivity contribution in [2.24, 2.45) is 0 Å². The summed E-state index contributed by atoms with van der Waals surface area (Å²) in [7, 11) is 0. The molecular formula is C17H20BrFN4O2. The van der Waals surface area contributed by atoms with E-state index in [9.17, 15) is 14.0 Å². The van der Waals surface area contributed by atoms with Gasteiger partial charge < -0.3 is 10.6 Å². The van der Waals surface area contributed by atoms with Gasteiger partial charge in [-0.15, -0.1) is 0 Å². The number of amides is 2. The standard InChI is InChI=1S/C17H20BrFN4O2/c1-9(2)14-13(18)15(23-22-14)17(25)21-7-6-20-16(24)11-5-4-10(3)12(19)8-11/h4-5,8-9H,6-7H2,1-3H3,(H,20,24)(H,21,25)(H,22,23). The Morgan fingerprint density at radius 1 is 1.24 bits per heavy atom. The number of rotatable bonds is 6. The topological polar surface area (TPSA) is 86.9 Å². The first-order chi connectivity index (χ1) is 11.8. The normalized spacial score (nSPS) is 10.8. The number of hydrogen-bond acceptors (Lipinski definition) is 3. The Bertz CT molecular complexity index is 789. The molecule has 0 fully saturated rings. The van der Waals surface area contributed by atoms with Crippen molar-refractivity contribution in [1.82, 2.24) is 20.8 Å². The first kappa shape index (κ1) is 19.1. The van der Waals surface area contributed by atoms with Crippen LogP contribution in [0.25, 0.3) is 0 Å². The highest BCUT2D eigenvalue weighted by atomic mass is 79.9. The summed E-state index contributed by atoms with van der Waals surface area (Å²) in [6.07, 6.45) is 0. The summed E-state index contributed by atoms with van der Waals surface area (Å²) in [5, 5.41) is 12.1. The second-order valence-electron chi connectivity index (χ2n) is 5.93. The van der Waals surface area contributed by atoms with Crippen LogP contribution in [0.1, 0.15) is 51.9 Å². The molecule has 0 radical (unpaired) electrons. The Morgan fingerprint density at radius 3 is 2.44 bits per heavy atom. The van der Waals surface area contributed by atoms with Crippen LogP contribution < -0.4 is 10.6 Å². The van der Waals surface area contributed by atoms with Crippen LogP contribution in [0.4, 0.5) is 4.39 Å². The molecular weight excluding hydrogens is 391 g/mol. The minimum Gasteiger partial charge on any atom is -0.350 e. The highest BCUT2D eigenvalue weighted by Gasteiger charge is 2.18. The number of aromatic nitrogens is 2. The van der Waals surface area contributed by atoms with Gasteiger partial charge in [-0.25, -0.2) is 4.39 Å². The van der Waals surface area contributed by atoms with Crippen LogP contribution in [-0.2, 0) is 0 Å². The molecule has 1 aromatic heterocycles. The minimum absolute atomic E-state index is 0.206. The molecule has 3 N–H and O–H groups in total. The summed E-state index contributed by atoms with van der Waals surface area (Å²) >= 11 is 3.37. The molecule has 2 amide bonds. The van der Waals surface area contributed by atoms with Crippen molar-refractivity contribution in [3.8, 4) is 0 Å². The number of aromatic amines is 1. The van der Waals surface area contributed by atoms with Gasteiger partial charge >= 0.3 is 0 Å². The van der Waals surface area contributed by atoms with E-state index in [2.05, 4.69) is 36.8 Å². The summed E-state index contributed by atoms with van der Waals surface area (Å²) < 4.78 is 14.1. The van der Waals surface area contributed by atoms with E-state index in [1.807, 2.05) is 13.8 Å².